The highest BCUT2D eigenvalue weighted by atomic mass is 16.6. The Bertz CT molecular complexity index is 727. The molecule has 0 spiro atoms. The number of amides is 1. The number of hydrogen-bond donors (Lipinski definition) is 2. The van der Waals surface area contributed by atoms with Gasteiger partial charge in [-0.2, -0.15) is 0 Å². The monoisotopic (exact) mass is 286 g/mol. The van der Waals surface area contributed by atoms with Gasteiger partial charge in [0.2, 0.25) is 5.95 Å². The third-order valence-corrected chi connectivity index (χ3v) is 3.27. The number of fused-ring (bicyclic) bond motifs is 1. The van der Waals surface area contributed by atoms with Crippen LogP contribution < -0.4 is 11.3 Å². The van der Waals surface area contributed by atoms with E-state index in [0.29, 0.717) is 11.3 Å². The quantitative estimate of drug-likeness (QED) is 0.857. The van der Waals surface area contributed by atoms with Gasteiger partial charge in [-0.3, -0.25) is 14.7 Å². The maximum Gasteiger partial charge on any atom is 0.410 e. The normalized spacial score (nSPS) is 13.0. The second-order valence-corrected chi connectivity index (χ2v) is 4.77. The van der Waals surface area contributed by atoms with Crippen molar-refractivity contribution in [2.45, 2.75) is 19.7 Å². The maximum absolute atomic E-state index is 12.0. The fourth-order valence-corrected chi connectivity index (χ4v) is 2.22. The molecule has 2 heterocycles. The summed E-state index contributed by atoms with van der Waals surface area (Å²) < 4.78 is 5.23. The van der Waals surface area contributed by atoms with Crippen LogP contribution in [0.5, 0.6) is 0 Å². The molecule has 0 saturated carbocycles. The number of nitrogens with two attached hydrogens (primary N) is 1. The van der Waals surface area contributed by atoms with E-state index in [0.717, 1.165) is 5.56 Å². The minimum Gasteiger partial charge on any atom is -0.445 e. The molecule has 1 aliphatic heterocycles. The minimum atomic E-state index is -0.477. The fraction of sp³-hybridized carbons (Fsp3) is 0.214. The molecule has 0 unspecified atom stereocenters. The lowest BCUT2D eigenvalue weighted by molar-refractivity contribution is 0.0952. The molecule has 0 atom stereocenters. The second-order valence-electron chi connectivity index (χ2n) is 4.77. The van der Waals surface area contributed by atoms with Crippen molar-refractivity contribution in [2.24, 2.45) is 0 Å². The molecule has 21 heavy (non-hydrogen) atoms. The molecule has 7 nitrogen and oxygen atoms in total. The highest BCUT2D eigenvalue weighted by Gasteiger charge is 2.28. The van der Waals surface area contributed by atoms with Gasteiger partial charge in [0.05, 0.1) is 24.3 Å². The van der Waals surface area contributed by atoms with E-state index in [2.05, 4.69) is 9.97 Å². The van der Waals surface area contributed by atoms with Crippen molar-refractivity contribution in [2.75, 3.05) is 5.73 Å². The first kappa shape index (κ1) is 13.2. The van der Waals surface area contributed by atoms with Gasteiger partial charge < -0.3 is 10.5 Å². The Morgan fingerprint density at radius 1 is 1.33 bits per heavy atom. The van der Waals surface area contributed by atoms with E-state index in [1.807, 2.05) is 30.3 Å². The summed E-state index contributed by atoms with van der Waals surface area (Å²) in [4.78, 5) is 31.6. The van der Waals surface area contributed by atoms with Crippen LogP contribution in [-0.4, -0.2) is 21.0 Å². The zero-order chi connectivity index (χ0) is 14.8. The Morgan fingerprint density at radius 3 is 2.86 bits per heavy atom. The first-order valence-electron chi connectivity index (χ1n) is 6.46. The van der Waals surface area contributed by atoms with Crippen LogP contribution in [0.2, 0.25) is 0 Å². The molecule has 3 N–H and O–H groups in total. The summed E-state index contributed by atoms with van der Waals surface area (Å²) >= 11 is 0. The highest BCUT2D eigenvalue weighted by Crippen LogP contribution is 2.19. The lowest BCUT2D eigenvalue weighted by atomic mass is 10.2. The van der Waals surface area contributed by atoms with E-state index in [1.165, 1.54) is 4.90 Å². The second kappa shape index (κ2) is 5.28. The van der Waals surface area contributed by atoms with Crippen molar-refractivity contribution in [3.05, 3.63) is 57.5 Å². The molecule has 1 aliphatic rings. The Morgan fingerprint density at radius 2 is 2.10 bits per heavy atom. The summed E-state index contributed by atoms with van der Waals surface area (Å²) in [6.45, 7) is 0.612. The van der Waals surface area contributed by atoms with Gasteiger partial charge in [-0.1, -0.05) is 30.3 Å². The Labute approximate surface area is 120 Å². The predicted octanol–water partition coefficient (Wildman–Crippen LogP) is 1.00. The number of ether oxygens (including phenoxy) is 1. The summed E-state index contributed by atoms with van der Waals surface area (Å²) in [7, 11) is 0. The summed E-state index contributed by atoms with van der Waals surface area (Å²) in [5, 5.41) is 0. The number of carbonyl (C=O) groups excluding carboxylic acids is 1. The number of aromatic nitrogens is 2. The molecule has 1 amide bonds. The molecule has 1 aromatic carbocycles. The molecule has 0 saturated heterocycles. The van der Waals surface area contributed by atoms with Gasteiger partial charge in [0, 0.05) is 0 Å². The lowest BCUT2D eigenvalue weighted by Crippen LogP contribution is -2.26. The number of hydrogen-bond acceptors (Lipinski definition) is 5. The van der Waals surface area contributed by atoms with Crippen LogP contribution in [0, 0.1) is 0 Å². The van der Waals surface area contributed by atoms with Crippen LogP contribution in [0.15, 0.2) is 35.1 Å². The van der Waals surface area contributed by atoms with E-state index in [1.54, 1.807) is 0 Å². The maximum atomic E-state index is 12.0. The zero-order valence-electron chi connectivity index (χ0n) is 11.2. The fourth-order valence-electron chi connectivity index (χ4n) is 2.22. The predicted molar refractivity (Wildman–Crippen MR) is 75.1 cm³/mol. The first-order chi connectivity index (χ1) is 10.1. The van der Waals surface area contributed by atoms with Gasteiger partial charge in [-0.25, -0.2) is 9.78 Å². The number of aromatic amines is 1. The highest BCUT2D eigenvalue weighted by molar-refractivity contribution is 5.68. The van der Waals surface area contributed by atoms with E-state index in [9.17, 15) is 9.59 Å². The van der Waals surface area contributed by atoms with Gasteiger partial charge in [-0.15, -0.1) is 0 Å². The number of nitrogens with zero attached hydrogens (tertiary/aromatic N) is 2. The number of rotatable bonds is 2. The lowest BCUT2D eigenvalue weighted by Gasteiger charge is -2.14. The summed E-state index contributed by atoms with van der Waals surface area (Å²) in [5.41, 5.74) is 7.06. The van der Waals surface area contributed by atoms with Crippen molar-refractivity contribution in [1.29, 1.82) is 0 Å². The average Bonchev–Trinajstić information content (AvgIpc) is 2.90. The summed E-state index contributed by atoms with van der Waals surface area (Å²) in [6.07, 6.45) is -0.477. The van der Waals surface area contributed by atoms with Crippen LogP contribution in [0.4, 0.5) is 10.7 Å². The van der Waals surface area contributed by atoms with Crippen molar-refractivity contribution in [1.82, 2.24) is 14.9 Å². The van der Waals surface area contributed by atoms with Crippen LogP contribution in [0.3, 0.4) is 0 Å². The zero-order valence-corrected chi connectivity index (χ0v) is 11.2. The van der Waals surface area contributed by atoms with Crippen molar-refractivity contribution in [3.63, 3.8) is 0 Å². The topological polar surface area (TPSA) is 101 Å². The van der Waals surface area contributed by atoms with Crippen LogP contribution in [0.25, 0.3) is 0 Å². The Kier molecular flexibility index (Phi) is 3.31. The third kappa shape index (κ3) is 2.71. The van der Waals surface area contributed by atoms with Gasteiger partial charge in [-0.05, 0) is 5.56 Å². The smallest absolute Gasteiger partial charge is 0.410 e. The number of nitrogens with one attached hydrogen (secondary N) is 1. The number of benzene rings is 1. The van der Waals surface area contributed by atoms with Gasteiger partial charge in [0.1, 0.15) is 6.61 Å². The number of H-pyrrole nitrogens is 1. The van der Waals surface area contributed by atoms with Crippen molar-refractivity contribution >= 4 is 12.0 Å². The van der Waals surface area contributed by atoms with Gasteiger partial charge >= 0.3 is 6.09 Å². The molecule has 1 aromatic heterocycles. The Hall–Kier alpha value is -2.83. The molecular formula is C14H14N4O3. The minimum absolute atomic E-state index is 0.0539. The molecule has 108 valence electrons. The molecular weight excluding hydrogens is 272 g/mol. The Balaban J connectivity index is 1.66. The van der Waals surface area contributed by atoms with Crippen molar-refractivity contribution in [3.8, 4) is 0 Å². The summed E-state index contributed by atoms with van der Waals surface area (Å²) in [6, 6.07) is 9.39. The molecule has 0 bridgehead atoms. The van der Waals surface area contributed by atoms with Gasteiger partial charge in [0.15, 0.2) is 0 Å². The van der Waals surface area contributed by atoms with E-state index >= 15 is 0 Å². The number of carbonyl (C=O) groups is 1. The average molecular weight is 286 g/mol. The van der Waals surface area contributed by atoms with Gasteiger partial charge in [0.25, 0.3) is 5.56 Å². The molecule has 0 fully saturated rings. The third-order valence-electron chi connectivity index (χ3n) is 3.27. The largest absolute Gasteiger partial charge is 0.445 e. The number of anilines is 1. The van der Waals surface area contributed by atoms with E-state index in [-0.39, 0.29) is 31.2 Å². The van der Waals surface area contributed by atoms with E-state index < -0.39 is 6.09 Å². The van der Waals surface area contributed by atoms with Crippen LogP contribution in [-0.2, 0) is 24.4 Å². The van der Waals surface area contributed by atoms with Crippen LogP contribution >= 0.6 is 0 Å². The molecule has 7 heteroatoms. The first-order valence-corrected chi connectivity index (χ1v) is 6.46. The molecule has 0 aliphatic carbocycles. The standard InChI is InChI=1S/C14H14N4O3/c15-13-16-11-7-18(6-10(11)12(19)17-13)14(20)21-8-9-4-2-1-3-5-9/h1-5H,6-8H2,(H3,15,16,17,19). The summed E-state index contributed by atoms with van der Waals surface area (Å²) in [5.74, 6) is 0.0539. The molecule has 2 aromatic rings. The van der Waals surface area contributed by atoms with Crippen molar-refractivity contribution < 1.29 is 9.53 Å². The number of nitrogen functional groups attached to an aromatic ring is 1. The SMILES string of the molecule is Nc1nc2c(c(=O)[nH]1)CN(C(=O)OCc1ccccc1)C2. The molecule has 0 radical (unpaired) electrons. The van der Waals surface area contributed by atoms with E-state index in [4.69, 9.17) is 10.5 Å². The molecule has 3 rings (SSSR count). The van der Waals surface area contributed by atoms with Crippen LogP contribution in [0.1, 0.15) is 16.8 Å².